The Morgan fingerprint density at radius 3 is 2.44 bits per heavy atom. The van der Waals surface area contributed by atoms with Crippen molar-refractivity contribution in [2.24, 2.45) is 0 Å². The first kappa shape index (κ1) is 21.4. The number of carbonyl (C=O) groups is 2. The highest BCUT2D eigenvalue weighted by molar-refractivity contribution is 9.11. The van der Waals surface area contributed by atoms with E-state index >= 15 is 0 Å². The molecule has 0 saturated carbocycles. The second-order valence-electron chi connectivity index (χ2n) is 6.06. The molecular formula is C20H22Br2N2O3. The molecule has 0 heterocycles. The minimum absolute atomic E-state index is 0.111. The zero-order chi connectivity index (χ0) is 19.8. The number of anilines is 1. The van der Waals surface area contributed by atoms with E-state index in [1.165, 1.54) is 0 Å². The van der Waals surface area contributed by atoms with E-state index < -0.39 is 0 Å². The van der Waals surface area contributed by atoms with Crippen LogP contribution in [0.1, 0.15) is 35.7 Å². The van der Waals surface area contributed by atoms with E-state index in [9.17, 15) is 9.59 Å². The van der Waals surface area contributed by atoms with Crippen LogP contribution in [0, 0.1) is 6.92 Å². The van der Waals surface area contributed by atoms with Crippen LogP contribution in [0.5, 0.6) is 5.75 Å². The van der Waals surface area contributed by atoms with E-state index in [2.05, 4.69) is 49.4 Å². The van der Waals surface area contributed by atoms with E-state index in [1.54, 1.807) is 24.3 Å². The monoisotopic (exact) mass is 496 g/mol. The maximum Gasteiger partial charge on any atom is 0.262 e. The SMILES string of the molecule is CCCCNC(=O)c1ccc(NC(=O)COc2c(C)cc(Br)cc2Br)cc1. The number of carbonyl (C=O) groups excluding carboxylic acids is 2. The average Bonchev–Trinajstić information content (AvgIpc) is 2.61. The normalized spacial score (nSPS) is 10.4. The third-order valence-corrected chi connectivity index (χ3v) is 4.84. The van der Waals surface area contributed by atoms with Gasteiger partial charge in [0.05, 0.1) is 4.47 Å². The fourth-order valence-corrected chi connectivity index (χ4v) is 3.95. The van der Waals surface area contributed by atoms with Gasteiger partial charge < -0.3 is 15.4 Å². The predicted octanol–water partition coefficient (Wildman–Crippen LogP) is 5.07. The highest BCUT2D eigenvalue weighted by Gasteiger charge is 2.10. The minimum Gasteiger partial charge on any atom is -0.482 e. The number of rotatable bonds is 8. The van der Waals surface area contributed by atoms with Crippen LogP contribution in [0.15, 0.2) is 45.3 Å². The van der Waals surface area contributed by atoms with Crippen molar-refractivity contribution in [3.63, 3.8) is 0 Å². The molecule has 0 unspecified atom stereocenters. The van der Waals surface area contributed by atoms with Gasteiger partial charge in [-0.05, 0) is 71.2 Å². The van der Waals surface area contributed by atoms with Gasteiger partial charge in [-0.3, -0.25) is 9.59 Å². The molecule has 7 heteroatoms. The Morgan fingerprint density at radius 2 is 1.81 bits per heavy atom. The van der Waals surface area contributed by atoms with Crippen molar-refractivity contribution in [1.29, 1.82) is 0 Å². The van der Waals surface area contributed by atoms with Crippen molar-refractivity contribution in [2.75, 3.05) is 18.5 Å². The lowest BCUT2D eigenvalue weighted by Gasteiger charge is -2.12. The summed E-state index contributed by atoms with van der Waals surface area (Å²) in [5.41, 5.74) is 2.09. The minimum atomic E-state index is -0.274. The van der Waals surface area contributed by atoms with Gasteiger partial charge in [0.2, 0.25) is 0 Å². The fraction of sp³-hybridized carbons (Fsp3) is 0.300. The molecule has 2 aromatic carbocycles. The first-order chi connectivity index (χ1) is 12.9. The average molecular weight is 498 g/mol. The maximum atomic E-state index is 12.1. The lowest BCUT2D eigenvalue weighted by atomic mass is 10.2. The summed E-state index contributed by atoms with van der Waals surface area (Å²) in [6.07, 6.45) is 1.98. The number of nitrogens with one attached hydrogen (secondary N) is 2. The summed E-state index contributed by atoms with van der Waals surface area (Å²) in [7, 11) is 0. The molecule has 0 spiro atoms. The number of unbranched alkanes of at least 4 members (excludes halogenated alkanes) is 1. The van der Waals surface area contributed by atoms with Crippen molar-refractivity contribution in [3.05, 3.63) is 56.5 Å². The number of amides is 2. The quantitative estimate of drug-likeness (QED) is 0.500. The largest absolute Gasteiger partial charge is 0.482 e. The van der Waals surface area contributed by atoms with Crippen LogP contribution in [-0.2, 0) is 4.79 Å². The maximum absolute atomic E-state index is 12.1. The first-order valence-electron chi connectivity index (χ1n) is 8.67. The van der Waals surface area contributed by atoms with Crippen molar-refractivity contribution in [2.45, 2.75) is 26.7 Å². The van der Waals surface area contributed by atoms with Crippen LogP contribution in [0.25, 0.3) is 0 Å². The van der Waals surface area contributed by atoms with E-state index in [-0.39, 0.29) is 18.4 Å². The Kier molecular flexibility index (Phi) is 8.31. The predicted molar refractivity (Wildman–Crippen MR) is 114 cm³/mol. The van der Waals surface area contributed by atoms with Gasteiger partial charge in [-0.25, -0.2) is 0 Å². The van der Waals surface area contributed by atoms with E-state index in [0.29, 0.717) is 23.5 Å². The van der Waals surface area contributed by atoms with E-state index in [1.807, 2.05) is 19.1 Å². The Balaban J connectivity index is 1.88. The summed E-state index contributed by atoms with van der Waals surface area (Å²) in [6, 6.07) is 10.6. The van der Waals surface area contributed by atoms with Crippen molar-refractivity contribution >= 4 is 49.4 Å². The summed E-state index contributed by atoms with van der Waals surface area (Å²) in [4.78, 5) is 24.1. The number of ether oxygens (including phenoxy) is 1. The highest BCUT2D eigenvalue weighted by atomic mass is 79.9. The molecule has 0 aliphatic carbocycles. The second kappa shape index (κ2) is 10.5. The topological polar surface area (TPSA) is 67.4 Å². The molecule has 0 aromatic heterocycles. The van der Waals surface area contributed by atoms with Gasteiger partial charge in [-0.1, -0.05) is 29.3 Å². The van der Waals surface area contributed by atoms with Crippen LogP contribution in [-0.4, -0.2) is 25.0 Å². The number of hydrogen-bond acceptors (Lipinski definition) is 3. The lowest BCUT2D eigenvalue weighted by Crippen LogP contribution is -2.24. The Bertz CT molecular complexity index is 784. The van der Waals surface area contributed by atoms with E-state index in [0.717, 1.165) is 27.4 Å². The zero-order valence-electron chi connectivity index (χ0n) is 15.3. The Hall–Kier alpha value is -1.86. The molecule has 2 N–H and O–H groups in total. The molecule has 5 nitrogen and oxygen atoms in total. The molecule has 2 amide bonds. The second-order valence-corrected chi connectivity index (χ2v) is 7.83. The first-order valence-corrected chi connectivity index (χ1v) is 10.3. The molecular weight excluding hydrogens is 476 g/mol. The van der Waals surface area contributed by atoms with Crippen molar-refractivity contribution in [3.8, 4) is 5.75 Å². The van der Waals surface area contributed by atoms with Gasteiger partial charge in [-0.2, -0.15) is 0 Å². The molecule has 0 aliphatic heterocycles. The van der Waals surface area contributed by atoms with Gasteiger partial charge in [0.1, 0.15) is 5.75 Å². The van der Waals surface area contributed by atoms with Gasteiger partial charge in [0.15, 0.2) is 6.61 Å². The van der Waals surface area contributed by atoms with Crippen LogP contribution in [0.4, 0.5) is 5.69 Å². The van der Waals surface area contributed by atoms with Crippen molar-refractivity contribution < 1.29 is 14.3 Å². The number of aryl methyl sites for hydroxylation is 1. The summed E-state index contributed by atoms with van der Waals surface area (Å²) in [5.74, 6) is 0.247. The molecule has 0 atom stereocenters. The van der Waals surface area contributed by atoms with Crippen LogP contribution in [0.2, 0.25) is 0 Å². The smallest absolute Gasteiger partial charge is 0.262 e. The Labute approximate surface area is 176 Å². The molecule has 0 radical (unpaired) electrons. The highest BCUT2D eigenvalue weighted by Crippen LogP contribution is 2.32. The molecule has 0 aliphatic rings. The number of halogens is 2. The summed E-state index contributed by atoms with van der Waals surface area (Å²) in [6.45, 7) is 4.54. The molecule has 2 rings (SSSR count). The molecule has 0 bridgehead atoms. The van der Waals surface area contributed by atoms with Gasteiger partial charge >= 0.3 is 0 Å². The van der Waals surface area contributed by atoms with Crippen LogP contribution < -0.4 is 15.4 Å². The van der Waals surface area contributed by atoms with Crippen molar-refractivity contribution in [1.82, 2.24) is 5.32 Å². The fourth-order valence-electron chi connectivity index (χ4n) is 2.39. The third kappa shape index (κ3) is 6.66. The number of hydrogen-bond donors (Lipinski definition) is 2. The molecule has 144 valence electrons. The van der Waals surface area contributed by atoms with E-state index in [4.69, 9.17) is 4.74 Å². The van der Waals surface area contributed by atoms with Gasteiger partial charge in [0.25, 0.3) is 11.8 Å². The molecule has 0 saturated heterocycles. The molecule has 0 fully saturated rings. The summed E-state index contributed by atoms with van der Waals surface area (Å²) in [5, 5.41) is 5.62. The standard InChI is InChI=1S/C20H22Br2N2O3/c1-3-4-9-23-20(26)14-5-7-16(8-6-14)24-18(25)12-27-19-13(2)10-15(21)11-17(19)22/h5-8,10-11H,3-4,9,12H2,1-2H3,(H,23,26)(H,24,25). The zero-order valence-corrected chi connectivity index (χ0v) is 18.4. The Morgan fingerprint density at radius 1 is 1.11 bits per heavy atom. The van der Waals surface area contributed by atoms with Crippen LogP contribution >= 0.6 is 31.9 Å². The number of benzene rings is 2. The molecule has 2 aromatic rings. The molecule has 27 heavy (non-hydrogen) atoms. The summed E-state index contributed by atoms with van der Waals surface area (Å²) < 4.78 is 7.34. The third-order valence-electron chi connectivity index (χ3n) is 3.79. The van der Waals surface area contributed by atoms with Gasteiger partial charge in [-0.15, -0.1) is 0 Å². The van der Waals surface area contributed by atoms with Gasteiger partial charge in [0, 0.05) is 22.3 Å². The van der Waals surface area contributed by atoms with Crippen LogP contribution in [0.3, 0.4) is 0 Å². The lowest BCUT2D eigenvalue weighted by molar-refractivity contribution is -0.118. The summed E-state index contributed by atoms with van der Waals surface area (Å²) >= 11 is 6.85.